The number of likely N-dealkylation sites (N-methyl/N-ethyl adjacent to an activating group) is 2. The molecule has 0 amide bonds. The van der Waals surface area contributed by atoms with E-state index in [1.165, 1.54) is 0 Å². The molecule has 0 aromatic carbocycles. The van der Waals surface area contributed by atoms with E-state index in [4.69, 9.17) is 9.97 Å². The average Bonchev–Trinajstić information content (AvgIpc) is 3.42. The number of aromatic nitrogens is 4. The SMILES string of the molecule is CN1CCN(CCSc2nccc(-c3ccc(-c4ccnc(SCCN5CCN(C)CC5)n4)s3)n2)CC1. The first-order valence-corrected chi connectivity index (χ1v) is 15.8. The Bertz CT molecular complexity index is 1040. The van der Waals surface area contributed by atoms with E-state index in [0.717, 1.165) is 108 Å². The third-order valence-electron chi connectivity index (χ3n) is 6.85. The highest BCUT2D eigenvalue weighted by Crippen LogP contribution is 2.33. The molecular weight excluding hydrogens is 521 g/mol. The van der Waals surface area contributed by atoms with Crippen molar-refractivity contribution in [2.24, 2.45) is 0 Å². The number of hydrogen-bond donors (Lipinski definition) is 0. The molecule has 5 rings (SSSR count). The lowest BCUT2D eigenvalue weighted by atomic mass is 10.3. The molecule has 0 aliphatic carbocycles. The van der Waals surface area contributed by atoms with E-state index in [0.29, 0.717) is 0 Å². The Morgan fingerprint density at radius 2 is 1.08 bits per heavy atom. The zero-order chi connectivity index (χ0) is 25.5. The zero-order valence-electron chi connectivity index (χ0n) is 21.8. The molecule has 2 aliphatic rings. The van der Waals surface area contributed by atoms with Gasteiger partial charge in [-0.25, -0.2) is 19.9 Å². The Hall–Kier alpha value is -1.60. The summed E-state index contributed by atoms with van der Waals surface area (Å²) in [5.41, 5.74) is 1.95. The second-order valence-corrected chi connectivity index (χ2v) is 12.8. The molecule has 0 bridgehead atoms. The third kappa shape index (κ3) is 7.95. The van der Waals surface area contributed by atoms with Gasteiger partial charge >= 0.3 is 0 Å². The fourth-order valence-electron chi connectivity index (χ4n) is 4.38. The van der Waals surface area contributed by atoms with E-state index in [2.05, 4.69) is 55.8 Å². The molecule has 11 heteroatoms. The van der Waals surface area contributed by atoms with Crippen LogP contribution in [0.25, 0.3) is 21.1 Å². The number of hydrogen-bond acceptors (Lipinski definition) is 11. The Labute approximate surface area is 232 Å². The highest BCUT2D eigenvalue weighted by atomic mass is 32.2. The van der Waals surface area contributed by atoms with Gasteiger partial charge in [-0.3, -0.25) is 9.80 Å². The Morgan fingerprint density at radius 3 is 1.51 bits per heavy atom. The van der Waals surface area contributed by atoms with Gasteiger partial charge < -0.3 is 9.80 Å². The maximum atomic E-state index is 4.84. The number of rotatable bonds is 10. The van der Waals surface area contributed by atoms with Crippen LogP contribution < -0.4 is 0 Å². The predicted molar refractivity (Wildman–Crippen MR) is 156 cm³/mol. The molecule has 2 saturated heterocycles. The topological polar surface area (TPSA) is 64.5 Å². The van der Waals surface area contributed by atoms with Crippen LogP contribution in [-0.2, 0) is 0 Å². The van der Waals surface area contributed by atoms with Crippen molar-refractivity contribution >= 4 is 34.9 Å². The average molecular weight is 557 g/mol. The summed E-state index contributed by atoms with van der Waals surface area (Å²) in [7, 11) is 4.39. The van der Waals surface area contributed by atoms with Crippen LogP contribution >= 0.6 is 34.9 Å². The lowest BCUT2D eigenvalue weighted by Crippen LogP contribution is -2.45. The monoisotopic (exact) mass is 556 g/mol. The second kappa shape index (κ2) is 13.5. The van der Waals surface area contributed by atoms with Gasteiger partial charge in [-0.15, -0.1) is 11.3 Å². The molecule has 2 aliphatic heterocycles. The van der Waals surface area contributed by atoms with E-state index in [-0.39, 0.29) is 0 Å². The molecule has 37 heavy (non-hydrogen) atoms. The molecule has 2 fully saturated rings. The predicted octanol–water partition coefficient (Wildman–Crippen LogP) is 3.34. The maximum Gasteiger partial charge on any atom is 0.188 e. The van der Waals surface area contributed by atoms with Gasteiger partial charge in [-0.2, -0.15) is 0 Å². The smallest absolute Gasteiger partial charge is 0.188 e. The van der Waals surface area contributed by atoms with Crippen molar-refractivity contribution in [2.45, 2.75) is 10.3 Å². The number of piperazine rings is 2. The first kappa shape index (κ1) is 27.0. The molecule has 0 radical (unpaired) electrons. The summed E-state index contributed by atoms with van der Waals surface area (Å²) in [5.74, 6) is 2.03. The molecule has 3 aromatic rings. The summed E-state index contributed by atoms with van der Waals surface area (Å²) in [4.78, 5) is 30.8. The van der Waals surface area contributed by atoms with Gasteiger partial charge in [0.2, 0.25) is 0 Å². The first-order chi connectivity index (χ1) is 18.1. The van der Waals surface area contributed by atoms with Crippen molar-refractivity contribution in [1.29, 1.82) is 0 Å². The largest absolute Gasteiger partial charge is 0.304 e. The van der Waals surface area contributed by atoms with Gasteiger partial charge in [-0.05, 0) is 38.4 Å². The van der Waals surface area contributed by atoms with E-state index in [1.54, 1.807) is 34.9 Å². The van der Waals surface area contributed by atoms with E-state index in [1.807, 2.05) is 24.5 Å². The molecule has 5 heterocycles. The first-order valence-electron chi connectivity index (χ1n) is 13.0. The fourth-order valence-corrected chi connectivity index (χ4v) is 6.99. The number of nitrogens with zero attached hydrogens (tertiary/aromatic N) is 8. The molecule has 0 N–H and O–H groups in total. The molecule has 0 spiro atoms. The van der Waals surface area contributed by atoms with Gasteiger partial charge in [0.05, 0.1) is 21.1 Å². The van der Waals surface area contributed by atoms with E-state index < -0.39 is 0 Å². The highest BCUT2D eigenvalue weighted by Gasteiger charge is 2.15. The minimum absolute atomic E-state index is 0.850. The van der Waals surface area contributed by atoms with Gasteiger partial charge in [0, 0.05) is 89.3 Å². The van der Waals surface area contributed by atoms with Gasteiger partial charge in [0.1, 0.15) is 0 Å². The van der Waals surface area contributed by atoms with Crippen LogP contribution in [0.3, 0.4) is 0 Å². The van der Waals surface area contributed by atoms with Gasteiger partial charge in [0.15, 0.2) is 10.3 Å². The van der Waals surface area contributed by atoms with Crippen LogP contribution in [0, 0.1) is 0 Å². The second-order valence-electron chi connectivity index (χ2n) is 9.60. The van der Waals surface area contributed by atoms with Crippen LogP contribution in [0.1, 0.15) is 0 Å². The summed E-state index contributed by atoms with van der Waals surface area (Å²) in [6, 6.07) is 8.28. The maximum absolute atomic E-state index is 4.84. The summed E-state index contributed by atoms with van der Waals surface area (Å²) < 4.78 is 0. The van der Waals surface area contributed by atoms with Crippen LogP contribution in [-0.4, -0.2) is 131 Å². The zero-order valence-corrected chi connectivity index (χ0v) is 24.2. The van der Waals surface area contributed by atoms with E-state index >= 15 is 0 Å². The fraction of sp³-hybridized carbons (Fsp3) is 0.538. The van der Waals surface area contributed by atoms with Gasteiger partial charge in [0.25, 0.3) is 0 Å². The standard InChI is InChI=1S/C26H36N8S3/c1-31-9-13-33(14-10-31)17-19-35-25-27-7-5-21(29-25)23-3-4-24(37-23)22-6-8-28-26(30-22)36-20-18-34-15-11-32(2)12-16-34/h3-8H,9-20H2,1-2H3. The normalized spacial score (nSPS) is 18.4. The lowest BCUT2D eigenvalue weighted by molar-refractivity contribution is 0.161. The Morgan fingerprint density at radius 1 is 0.649 bits per heavy atom. The number of thioether (sulfide) groups is 2. The molecule has 8 nitrogen and oxygen atoms in total. The van der Waals surface area contributed by atoms with Crippen molar-refractivity contribution in [3.63, 3.8) is 0 Å². The molecule has 198 valence electrons. The summed E-state index contributed by atoms with van der Waals surface area (Å²) in [5, 5.41) is 1.70. The summed E-state index contributed by atoms with van der Waals surface area (Å²) in [6.45, 7) is 11.4. The molecule has 0 atom stereocenters. The highest BCUT2D eigenvalue weighted by molar-refractivity contribution is 7.99. The van der Waals surface area contributed by atoms with Crippen molar-refractivity contribution in [1.82, 2.24) is 39.5 Å². The summed E-state index contributed by atoms with van der Waals surface area (Å²) in [6.07, 6.45) is 3.75. The molecule has 3 aromatic heterocycles. The summed E-state index contributed by atoms with van der Waals surface area (Å²) >= 11 is 5.21. The Kier molecular flexibility index (Phi) is 9.82. The molecule has 0 saturated carbocycles. The lowest BCUT2D eigenvalue weighted by Gasteiger charge is -2.32. The van der Waals surface area contributed by atoms with Crippen LogP contribution in [0.5, 0.6) is 0 Å². The third-order valence-corrected chi connectivity index (χ3v) is 9.66. The van der Waals surface area contributed by atoms with Crippen molar-refractivity contribution in [2.75, 3.05) is 91.0 Å². The Balaban J connectivity index is 1.14. The number of thiophene rings is 1. The van der Waals surface area contributed by atoms with Crippen LogP contribution in [0.4, 0.5) is 0 Å². The van der Waals surface area contributed by atoms with Crippen LogP contribution in [0.2, 0.25) is 0 Å². The minimum atomic E-state index is 0.850. The van der Waals surface area contributed by atoms with Crippen molar-refractivity contribution in [3.8, 4) is 21.1 Å². The minimum Gasteiger partial charge on any atom is -0.304 e. The van der Waals surface area contributed by atoms with E-state index in [9.17, 15) is 0 Å². The van der Waals surface area contributed by atoms with Gasteiger partial charge in [-0.1, -0.05) is 23.5 Å². The van der Waals surface area contributed by atoms with Crippen molar-refractivity contribution < 1.29 is 0 Å². The van der Waals surface area contributed by atoms with Crippen LogP contribution in [0.15, 0.2) is 47.0 Å². The molecule has 0 unspecified atom stereocenters. The quantitative estimate of drug-likeness (QED) is 0.274. The van der Waals surface area contributed by atoms with Crippen molar-refractivity contribution in [3.05, 3.63) is 36.7 Å². The molecular formula is C26H36N8S3.